The van der Waals surface area contributed by atoms with Crippen molar-refractivity contribution in [2.75, 3.05) is 7.11 Å². The van der Waals surface area contributed by atoms with Crippen molar-refractivity contribution < 1.29 is 4.74 Å². The van der Waals surface area contributed by atoms with Gasteiger partial charge < -0.3 is 4.74 Å². The van der Waals surface area contributed by atoms with Gasteiger partial charge in [0, 0.05) is 0 Å². The van der Waals surface area contributed by atoms with Gasteiger partial charge in [0.2, 0.25) is 0 Å². The van der Waals surface area contributed by atoms with Gasteiger partial charge in [0.15, 0.2) is 0 Å². The first-order valence-corrected chi connectivity index (χ1v) is 5.34. The van der Waals surface area contributed by atoms with E-state index in [1.807, 2.05) is 13.0 Å². The molecule has 0 amide bonds. The van der Waals surface area contributed by atoms with Crippen molar-refractivity contribution in [3.63, 3.8) is 0 Å². The van der Waals surface area contributed by atoms with Gasteiger partial charge in [-0.3, -0.25) is 0 Å². The van der Waals surface area contributed by atoms with Crippen molar-refractivity contribution in [2.24, 2.45) is 0 Å². The van der Waals surface area contributed by atoms with Gasteiger partial charge in [-0.15, -0.1) is 0 Å². The van der Waals surface area contributed by atoms with Crippen LogP contribution in [-0.2, 0) is 0 Å². The van der Waals surface area contributed by atoms with Gasteiger partial charge in [-0.25, -0.2) is 4.68 Å². The molecule has 1 aromatic carbocycles. The van der Waals surface area contributed by atoms with E-state index in [0.29, 0.717) is 16.3 Å². The maximum absolute atomic E-state index is 8.87. The van der Waals surface area contributed by atoms with Crippen molar-refractivity contribution in [1.82, 2.24) is 9.78 Å². The topological polar surface area (TPSA) is 50.8 Å². The normalized spacial score (nSPS) is 10.0. The number of hydrogen-bond acceptors (Lipinski definition) is 3. The number of aromatic nitrogens is 2. The third-order valence-corrected chi connectivity index (χ3v) is 2.81. The lowest BCUT2D eigenvalue weighted by Gasteiger charge is -2.07. The smallest absolute Gasteiger partial charge is 0.137 e. The van der Waals surface area contributed by atoms with Crippen LogP contribution >= 0.6 is 11.6 Å². The second kappa shape index (κ2) is 4.48. The van der Waals surface area contributed by atoms with Crippen LogP contribution in [0.5, 0.6) is 5.75 Å². The standard InChI is InChI=1S/C12H10ClN3O/c1-8-9(6-14)7-15-16(8)10-3-4-12(17-2)11(13)5-10/h3-5,7H,1-2H3. The fourth-order valence-electron chi connectivity index (χ4n) is 1.57. The minimum Gasteiger partial charge on any atom is -0.495 e. The van der Waals surface area contributed by atoms with Crippen LogP contribution in [-0.4, -0.2) is 16.9 Å². The molecule has 0 aliphatic carbocycles. The van der Waals surface area contributed by atoms with Crippen molar-refractivity contribution in [3.8, 4) is 17.5 Å². The predicted molar refractivity (Wildman–Crippen MR) is 64.6 cm³/mol. The van der Waals surface area contributed by atoms with Crippen molar-refractivity contribution in [3.05, 3.63) is 40.7 Å². The number of rotatable bonds is 2. The molecular formula is C12H10ClN3O. The first-order valence-electron chi connectivity index (χ1n) is 4.96. The van der Waals surface area contributed by atoms with E-state index in [2.05, 4.69) is 11.2 Å². The fraction of sp³-hybridized carbons (Fsp3) is 0.167. The zero-order valence-corrected chi connectivity index (χ0v) is 10.2. The lowest BCUT2D eigenvalue weighted by Crippen LogP contribution is -1.99. The van der Waals surface area contributed by atoms with Gasteiger partial charge in [0.1, 0.15) is 11.8 Å². The molecule has 0 atom stereocenters. The van der Waals surface area contributed by atoms with Crippen LogP contribution < -0.4 is 4.74 Å². The third-order valence-electron chi connectivity index (χ3n) is 2.51. The second-order valence-electron chi connectivity index (χ2n) is 3.49. The number of benzene rings is 1. The van der Waals surface area contributed by atoms with Gasteiger partial charge in [0.05, 0.1) is 35.3 Å². The number of methoxy groups -OCH3 is 1. The molecule has 0 fully saturated rings. The van der Waals surface area contributed by atoms with E-state index in [1.165, 1.54) is 6.20 Å². The first kappa shape index (κ1) is 11.5. The van der Waals surface area contributed by atoms with Crippen LogP contribution in [0.2, 0.25) is 5.02 Å². The van der Waals surface area contributed by atoms with Gasteiger partial charge >= 0.3 is 0 Å². The maximum atomic E-state index is 8.87. The first-order chi connectivity index (χ1) is 8.17. The lowest BCUT2D eigenvalue weighted by molar-refractivity contribution is 0.415. The molecule has 0 radical (unpaired) electrons. The minimum absolute atomic E-state index is 0.512. The van der Waals surface area contributed by atoms with Crippen LogP contribution in [0.3, 0.4) is 0 Å². The highest BCUT2D eigenvalue weighted by atomic mass is 35.5. The Hall–Kier alpha value is -1.99. The van der Waals surface area contributed by atoms with Crippen molar-refractivity contribution >= 4 is 11.6 Å². The molecule has 1 aromatic heterocycles. The second-order valence-corrected chi connectivity index (χ2v) is 3.89. The summed E-state index contributed by atoms with van der Waals surface area (Å²) in [5.74, 6) is 0.612. The number of nitriles is 1. The molecule has 0 aliphatic rings. The summed E-state index contributed by atoms with van der Waals surface area (Å²) in [6.45, 7) is 1.84. The number of ether oxygens (including phenoxy) is 1. The van der Waals surface area contributed by atoms with Crippen LogP contribution in [0, 0.1) is 18.3 Å². The van der Waals surface area contributed by atoms with Crippen LogP contribution in [0.4, 0.5) is 0 Å². The van der Waals surface area contributed by atoms with Crippen molar-refractivity contribution in [2.45, 2.75) is 6.92 Å². The highest BCUT2D eigenvalue weighted by Gasteiger charge is 2.09. The van der Waals surface area contributed by atoms with Gasteiger partial charge in [-0.2, -0.15) is 10.4 Å². The van der Waals surface area contributed by atoms with E-state index in [0.717, 1.165) is 11.4 Å². The molecule has 0 N–H and O–H groups in total. The summed E-state index contributed by atoms with van der Waals surface area (Å²) in [6.07, 6.45) is 1.54. The van der Waals surface area contributed by atoms with E-state index in [-0.39, 0.29) is 0 Å². The third kappa shape index (κ3) is 1.97. The highest BCUT2D eigenvalue weighted by molar-refractivity contribution is 6.32. The Bertz CT molecular complexity index is 598. The summed E-state index contributed by atoms with van der Waals surface area (Å²) in [5, 5.41) is 13.5. The minimum atomic E-state index is 0.512. The summed E-state index contributed by atoms with van der Waals surface area (Å²) in [7, 11) is 1.56. The number of hydrogen-bond donors (Lipinski definition) is 0. The molecule has 86 valence electrons. The maximum Gasteiger partial charge on any atom is 0.137 e. The average molecular weight is 248 g/mol. The Balaban J connectivity index is 2.51. The Kier molecular flexibility index (Phi) is 3.03. The van der Waals surface area contributed by atoms with Crippen LogP contribution in [0.15, 0.2) is 24.4 Å². The summed E-state index contributed by atoms with van der Waals surface area (Å²) < 4.78 is 6.75. The van der Waals surface area contributed by atoms with Crippen LogP contribution in [0.1, 0.15) is 11.3 Å². The Morgan fingerprint density at radius 2 is 2.24 bits per heavy atom. The van der Waals surface area contributed by atoms with E-state index >= 15 is 0 Å². The molecule has 0 saturated heterocycles. The molecule has 2 aromatic rings. The molecular weight excluding hydrogens is 238 g/mol. The molecule has 4 nitrogen and oxygen atoms in total. The van der Waals surface area contributed by atoms with Crippen molar-refractivity contribution in [1.29, 1.82) is 5.26 Å². The summed E-state index contributed by atoms with van der Waals surface area (Å²) in [4.78, 5) is 0. The molecule has 5 heteroatoms. The Morgan fingerprint density at radius 1 is 1.47 bits per heavy atom. The van der Waals surface area contributed by atoms with Gasteiger partial charge in [0.25, 0.3) is 0 Å². The fourth-order valence-corrected chi connectivity index (χ4v) is 1.82. The SMILES string of the molecule is COc1ccc(-n2ncc(C#N)c2C)cc1Cl. The van der Waals surface area contributed by atoms with E-state index in [4.69, 9.17) is 21.6 Å². The van der Waals surface area contributed by atoms with Gasteiger partial charge in [-0.1, -0.05) is 11.6 Å². The van der Waals surface area contributed by atoms with E-state index < -0.39 is 0 Å². The monoisotopic (exact) mass is 247 g/mol. The molecule has 0 saturated carbocycles. The zero-order chi connectivity index (χ0) is 12.4. The number of nitrogens with zero attached hydrogens (tertiary/aromatic N) is 3. The largest absolute Gasteiger partial charge is 0.495 e. The zero-order valence-electron chi connectivity index (χ0n) is 9.44. The Labute approximate surface area is 104 Å². The molecule has 0 spiro atoms. The molecule has 0 unspecified atom stereocenters. The van der Waals surface area contributed by atoms with E-state index in [9.17, 15) is 0 Å². The van der Waals surface area contributed by atoms with Gasteiger partial charge in [-0.05, 0) is 25.1 Å². The summed E-state index contributed by atoms with van der Waals surface area (Å²) in [5.41, 5.74) is 2.14. The molecule has 2 rings (SSSR count). The molecule has 0 aliphatic heterocycles. The summed E-state index contributed by atoms with van der Waals surface area (Å²) in [6, 6.07) is 7.44. The summed E-state index contributed by atoms with van der Waals surface area (Å²) >= 11 is 6.04. The lowest BCUT2D eigenvalue weighted by atomic mass is 10.2. The average Bonchev–Trinajstić information content (AvgIpc) is 2.70. The highest BCUT2D eigenvalue weighted by Crippen LogP contribution is 2.27. The quantitative estimate of drug-likeness (QED) is 0.820. The molecule has 0 bridgehead atoms. The van der Waals surface area contributed by atoms with E-state index in [1.54, 1.807) is 23.9 Å². The molecule has 17 heavy (non-hydrogen) atoms. The predicted octanol–water partition coefficient (Wildman–Crippen LogP) is 2.71. The Morgan fingerprint density at radius 3 is 2.76 bits per heavy atom. The van der Waals surface area contributed by atoms with Crippen LogP contribution in [0.25, 0.3) is 5.69 Å². The number of halogens is 1. The molecule has 1 heterocycles.